The van der Waals surface area contributed by atoms with Gasteiger partial charge < -0.3 is 14.9 Å². The van der Waals surface area contributed by atoms with Gasteiger partial charge in [0, 0.05) is 6.08 Å². The second-order valence-electron chi connectivity index (χ2n) is 5.43. The fourth-order valence-corrected chi connectivity index (χ4v) is 1.94. The summed E-state index contributed by atoms with van der Waals surface area (Å²) in [6.45, 7) is 2.05. The molecule has 0 bridgehead atoms. The van der Waals surface area contributed by atoms with E-state index in [1.165, 1.54) is 57.6 Å². The molecule has 0 aliphatic heterocycles. The Morgan fingerprint density at radius 2 is 1.59 bits per heavy atom. The van der Waals surface area contributed by atoms with Gasteiger partial charge in [-0.25, -0.2) is 0 Å². The molecule has 1 unspecified atom stereocenters. The summed E-state index contributed by atoms with van der Waals surface area (Å²) in [6, 6.07) is 0. The molecule has 0 fully saturated rings. The van der Waals surface area contributed by atoms with Gasteiger partial charge in [-0.1, -0.05) is 69.8 Å². The molecule has 2 N–H and O–H groups in total. The molecule has 0 radical (unpaired) electrons. The zero-order valence-electron chi connectivity index (χ0n) is 14.0. The third-order valence-electron chi connectivity index (χ3n) is 3.26. The smallest absolute Gasteiger partial charge is 0.115 e. The summed E-state index contributed by atoms with van der Waals surface area (Å²) in [7, 11) is 0. The van der Waals surface area contributed by atoms with Crippen molar-refractivity contribution in [3.05, 3.63) is 24.5 Å². The van der Waals surface area contributed by atoms with Crippen molar-refractivity contribution < 1.29 is 14.9 Å². The van der Waals surface area contributed by atoms with E-state index >= 15 is 0 Å². The quantitative estimate of drug-likeness (QED) is 0.307. The van der Waals surface area contributed by atoms with Crippen LogP contribution < -0.4 is 0 Å². The van der Waals surface area contributed by atoms with Crippen molar-refractivity contribution in [2.45, 2.75) is 70.8 Å². The molecule has 0 aromatic heterocycles. The van der Waals surface area contributed by atoms with Gasteiger partial charge in [-0.3, -0.25) is 0 Å². The van der Waals surface area contributed by atoms with Gasteiger partial charge in [-0.15, -0.1) is 0 Å². The number of hydrogen-bond donors (Lipinski definition) is 2. The van der Waals surface area contributed by atoms with Crippen LogP contribution in [-0.4, -0.2) is 29.5 Å². The number of rotatable bonds is 13. The van der Waals surface area contributed by atoms with Gasteiger partial charge in [-0.2, -0.15) is 0 Å². The summed E-state index contributed by atoms with van der Waals surface area (Å²) >= 11 is 0. The highest BCUT2D eigenvalue weighted by Crippen LogP contribution is 2.09. The van der Waals surface area contributed by atoms with Crippen molar-refractivity contribution in [1.82, 2.24) is 0 Å². The van der Waals surface area contributed by atoms with Crippen LogP contribution in [-0.2, 0) is 4.74 Å². The highest BCUT2D eigenvalue weighted by Gasteiger charge is 1.98. The Morgan fingerprint density at radius 1 is 0.955 bits per heavy atom. The van der Waals surface area contributed by atoms with Crippen LogP contribution >= 0.6 is 0 Å². The van der Waals surface area contributed by atoms with Crippen molar-refractivity contribution >= 4 is 0 Å². The van der Waals surface area contributed by atoms with E-state index in [0.717, 1.165) is 6.42 Å². The van der Waals surface area contributed by atoms with E-state index in [1.54, 1.807) is 6.08 Å². The van der Waals surface area contributed by atoms with Gasteiger partial charge in [0.15, 0.2) is 0 Å². The van der Waals surface area contributed by atoms with E-state index < -0.39 is 6.10 Å². The summed E-state index contributed by atoms with van der Waals surface area (Å²) < 4.78 is 4.98. The molecule has 126 valence electrons. The van der Waals surface area contributed by atoms with Crippen LogP contribution in [0.5, 0.6) is 0 Å². The number of ether oxygens (including phenoxy) is 1. The van der Waals surface area contributed by atoms with Crippen molar-refractivity contribution in [1.29, 1.82) is 0 Å². The zero-order chi connectivity index (χ0) is 16.3. The maximum atomic E-state index is 9.02. The Bertz CT molecular complexity index is 336. The first-order valence-electron chi connectivity index (χ1n) is 8.52. The molecular formula is C19H32O3. The maximum absolute atomic E-state index is 9.02. The fraction of sp³-hybridized carbons (Fsp3) is 0.684. The van der Waals surface area contributed by atoms with Gasteiger partial charge in [0.05, 0.1) is 12.9 Å². The Kier molecular flexibility index (Phi) is 16.8. The third-order valence-corrected chi connectivity index (χ3v) is 3.26. The van der Waals surface area contributed by atoms with Gasteiger partial charge in [0.2, 0.25) is 0 Å². The molecule has 0 heterocycles. The lowest BCUT2D eigenvalue weighted by Crippen LogP contribution is -2.17. The number of allylic oxidation sites excluding steroid dienone is 3. The van der Waals surface area contributed by atoms with E-state index in [0.29, 0.717) is 0 Å². The molecule has 0 saturated carbocycles. The normalized spacial score (nSPS) is 12.5. The summed E-state index contributed by atoms with van der Waals surface area (Å²) in [5.74, 6) is 5.72. The Balaban J connectivity index is 3.37. The van der Waals surface area contributed by atoms with Crippen molar-refractivity contribution in [3.8, 4) is 11.8 Å². The minimum absolute atomic E-state index is 0.0863. The molecule has 0 rings (SSSR count). The number of aliphatic hydroxyl groups is 2. The van der Waals surface area contributed by atoms with E-state index in [2.05, 4.69) is 24.8 Å². The topological polar surface area (TPSA) is 49.7 Å². The van der Waals surface area contributed by atoms with Crippen LogP contribution in [0.3, 0.4) is 0 Å². The molecule has 0 aromatic carbocycles. The van der Waals surface area contributed by atoms with Crippen LogP contribution in [0.1, 0.15) is 64.7 Å². The van der Waals surface area contributed by atoms with Gasteiger partial charge in [0.25, 0.3) is 0 Å². The molecule has 3 nitrogen and oxygen atoms in total. The third kappa shape index (κ3) is 16.8. The lowest BCUT2D eigenvalue weighted by Gasteiger charge is -2.04. The zero-order valence-corrected chi connectivity index (χ0v) is 14.0. The molecule has 0 saturated heterocycles. The SMILES string of the molecule is CCCCCCCCCCC=CC#CC=COCC(O)CO. The summed E-state index contributed by atoms with van der Waals surface area (Å²) in [5, 5.41) is 17.6. The molecule has 1 atom stereocenters. The van der Waals surface area contributed by atoms with E-state index in [9.17, 15) is 0 Å². The number of unbranched alkanes of at least 4 members (excludes halogenated alkanes) is 8. The minimum atomic E-state index is -0.829. The second kappa shape index (κ2) is 17.8. The fourth-order valence-electron chi connectivity index (χ4n) is 1.94. The van der Waals surface area contributed by atoms with Crippen LogP contribution in [0, 0.1) is 11.8 Å². The maximum Gasteiger partial charge on any atom is 0.115 e. The van der Waals surface area contributed by atoms with Crippen molar-refractivity contribution in [3.63, 3.8) is 0 Å². The average Bonchev–Trinajstić information content (AvgIpc) is 2.54. The molecular weight excluding hydrogens is 276 g/mol. The first-order valence-corrected chi connectivity index (χ1v) is 8.52. The number of aliphatic hydroxyl groups excluding tert-OH is 2. The molecule has 0 aliphatic carbocycles. The predicted octanol–water partition coefficient (Wildman–Crippen LogP) is 3.96. The highest BCUT2D eigenvalue weighted by atomic mass is 16.5. The van der Waals surface area contributed by atoms with Crippen molar-refractivity contribution in [2.75, 3.05) is 13.2 Å². The largest absolute Gasteiger partial charge is 0.498 e. The summed E-state index contributed by atoms with van der Waals surface area (Å²) in [5.41, 5.74) is 0. The summed E-state index contributed by atoms with van der Waals surface area (Å²) in [4.78, 5) is 0. The van der Waals surface area contributed by atoms with Crippen LogP contribution in [0.2, 0.25) is 0 Å². The standard InChI is InChI=1S/C19H32O3/c1-2-3-4-5-6-7-8-9-10-11-12-13-14-15-16-22-18-19(21)17-20/h11-12,15-16,19-21H,2-10,17-18H2,1H3. The molecule has 22 heavy (non-hydrogen) atoms. The predicted molar refractivity (Wildman–Crippen MR) is 92.3 cm³/mol. The lowest BCUT2D eigenvalue weighted by molar-refractivity contribution is 0.0385. The summed E-state index contributed by atoms with van der Waals surface area (Å²) in [6.07, 6.45) is 18.0. The van der Waals surface area contributed by atoms with E-state index in [-0.39, 0.29) is 13.2 Å². The Hall–Kier alpha value is -1.24. The first kappa shape index (κ1) is 20.8. The number of hydrogen-bond acceptors (Lipinski definition) is 3. The van der Waals surface area contributed by atoms with E-state index in [1.807, 2.05) is 6.08 Å². The lowest BCUT2D eigenvalue weighted by atomic mass is 10.1. The molecule has 0 amide bonds. The van der Waals surface area contributed by atoms with Gasteiger partial charge >= 0.3 is 0 Å². The van der Waals surface area contributed by atoms with Crippen LogP contribution in [0.4, 0.5) is 0 Å². The van der Waals surface area contributed by atoms with E-state index in [4.69, 9.17) is 14.9 Å². The Labute approximate surface area is 136 Å². The van der Waals surface area contributed by atoms with Gasteiger partial charge in [-0.05, 0) is 18.9 Å². The van der Waals surface area contributed by atoms with Crippen LogP contribution in [0.15, 0.2) is 24.5 Å². The average molecular weight is 308 g/mol. The highest BCUT2D eigenvalue weighted by molar-refractivity contribution is 5.22. The monoisotopic (exact) mass is 308 g/mol. The molecule has 0 aliphatic rings. The first-order chi connectivity index (χ1) is 10.8. The van der Waals surface area contributed by atoms with Crippen molar-refractivity contribution in [2.24, 2.45) is 0 Å². The Morgan fingerprint density at radius 3 is 2.27 bits per heavy atom. The minimum Gasteiger partial charge on any atom is -0.498 e. The second-order valence-corrected chi connectivity index (χ2v) is 5.43. The molecule has 0 aromatic rings. The van der Waals surface area contributed by atoms with Crippen LogP contribution in [0.25, 0.3) is 0 Å². The molecule has 3 heteroatoms. The molecule has 0 spiro atoms. The van der Waals surface area contributed by atoms with Gasteiger partial charge in [0.1, 0.15) is 12.7 Å².